The van der Waals surface area contributed by atoms with E-state index >= 15 is 0 Å². The zero-order chi connectivity index (χ0) is 12.3. The average molecular weight is 224 g/mol. The number of hydrogen-bond acceptors (Lipinski definition) is 2. The Morgan fingerprint density at radius 1 is 1.31 bits per heavy atom. The van der Waals surface area contributed by atoms with Crippen molar-refractivity contribution in [3.63, 3.8) is 0 Å². The largest absolute Gasteiger partial charge is 0.399 e. The lowest BCUT2D eigenvalue weighted by molar-refractivity contribution is 0.498. The summed E-state index contributed by atoms with van der Waals surface area (Å²) in [6.07, 6.45) is 1.04. The van der Waals surface area contributed by atoms with Gasteiger partial charge in [0.05, 0.1) is 5.69 Å². The quantitative estimate of drug-likeness (QED) is 0.795. The molecular formula is C13H21FN2. The minimum absolute atomic E-state index is 0.252. The predicted octanol–water partition coefficient (Wildman–Crippen LogP) is 3.28. The molecule has 0 amide bonds. The van der Waals surface area contributed by atoms with Crippen LogP contribution >= 0.6 is 0 Å². The van der Waals surface area contributed by atoms with Crippen LogP contribution in [0.2, 0.25) is 0 Å². The lowest BCUT2D eigenvalue weighted by Crippen LogP contribution is -2.30. The highest BCUT2D eigenvalue weighted by molar-refractivity contribution is 5.54. The molecule has 2 N–H and O–H groups in total. The summed E-state index contributed by atoms with van der Waals surface area (Å²) in [7, 11) is 1.92. The van der Waals surface area contributed by atoms with Crippen LogP contribution in [0.5, 0.6) is 0 Å². The first-order valence-corrected chi connectivity index (χ1v) is 5.69. The van der Waals surface area contributed by atoms with Crippen LogP contribution in [0, 0.1) is 11.7 Å². The monoisotopic (exact) mass is 224 g/mol. The van der Waals surface area contributed by atoms with Crippen molar-refractivity contribution >= 4 is 11.4 Å². The molecule has 90 valence electrons. The lowest BCUT2D eigenvalue weighted by Gasteiger charge is -2.28. The SMILES string of the molecule is CC(C)CC(C)N(C)c1ccc(N)cc1F. The van der Waals surface area contributed by atoms with Gasteiger partial charge < -0.3 is 10.6 Å². The lowest BCUT2D eigenvalue weighted by atomic mass is 10.0. The predicted molar refractivity (Wildman–Crippen MR) is 68.1 cm³/mol. The van der Waals surface area contributed by atoms with Gasteiger partial charge in [0.25, 0.3) is 0 Å². The molecule has 3 heteroatoms. The molecule has 0 radical (unpaired) electrons. The van der Waals surface area contributed by atoms with Gasteiger partial charge in [-0.2, -0.15) is 0 Å². The highest BCUT2D eigenvalue weighted by Crippen LogP contribution is 2.24. The second kappa shape index (κ2) is 5.19. The molecule has 1 rings (SSSR count). The molecule has 0 heterocycles. The molecule has 1 unspecified atom stereocenters. The maximum atomic E-state index is 13.7. The van der Waals surface area contributed by atoms with E-state index in [1.807, 2.05) is 11.9 Å². The van der Waals surface area contributed by atoms with Crippen LogP contribution in [0.3, 0.4) is 0 Å². The smallest absolute Gasteiger partial charge is 0.148 e. The van der Waals surface area contributed by atoms with E-state index in [0.29, 0.717) is 23.3 Å². The highest BCUT2D eigenvalue weighted by Gasteiger charge is 2.14. The van der Waals surface area contributed by atoms with Crippen molar-refractivity contribution < 1.29 is 4.39 Å². The Bertz CT molecular complexity index is 350. The number of nitrogens with zero attached hydrogens (tertiary/aromatic N) is 1. The Balaban J connectivity index is 2.83. The molecule has 0 fully saturated rings. The Hall–Kier alpha value is -1.25. The van der Waals surface area contributed by atoms with Crippen molar-refractivity contribution in [2.75, 3.05) is 17.7 Å². The zero-order valence-electron chi connectivity index (χ0n) is 10.5. The van der Waals surface area contributed by atoms with Crippen molar-refractivity contribution in [2.24, 2.45) is 5.92 Å². The number of nitrogens with two attached hydrogens (primary N) is 1. The van der Waals surface area contributed by atoms with E-state index in [9.17, 15) is 4.39 Å². The molecule has 0 aliphatic rings. The van der Waals surface area contributed by atoms with Crippen LogP contribution < -0.4 is 10.6 Å². The molecule has 0 aromatic heterocycles. The maximum Gasteiger partial charge on any atom is 0.148 e. The van der Waals surface area contributed by atoms with Gasteiger partial charge in [0.15, 0.2) is 0 Å². The van der Waals surface area contributed by atoms with Gasteiger partial charge in [0, 0.05) is 18.8 Å². The highest BCUT2D eigenvalue weighted by atomic mass is 19.1. The van der Waals surface area contributed by atoms with Gasteiger partial charge in [0.2, 0.25) is 0 Å². The van der Waals surface area contributed by atoms with Crippen molar-refractivity contribution in [1.29, 1.82) is 0 Å². The molecule has 1 aromatic carbocycles. The third-order valence-electron chi connectivity index (χ3n) is 2.83. The van der Waals surface area contributed by atoms with Gasteiger partial charge in [-0.15, -0.1) is 0 Å². The molecule has 2 nitrogen and oxygen atoms in total. The number of rotatable bonds is 4. The van der Waals surface area contributed by atoms with Gasteiger partial charge in [0.1, 0.15) is 5.82 Å². The second-order valence-corrected chi connectivity index (χ2v) is 4.80. The number of benzene rings is 1. The van der Waals surface area contributed by atoms with Crippen LogP contribution in [0.4, 0.5) is 15.8 Å². The van der Waals surface area contributed by atoms with Gasteiger partial charge in [-0.3, -0.25) is 0 Å². The number of nitrogen functional groups attached to an aromatic ring is 1. The first kappa shape index (κ1) is 12.8. The fraction of sp³-hybridized carbons (Fsp3) is 0.538. The number of halogens is 1. The third-order valence-corrected chi connectivity index (χ3v) is 2.83. The number of hydrogen-bond donors (Lipinski definition) is 1. The fourth-order valence-electron chi connectivity index (χ4n) is 1.89. The van der Waals surface area contributed by atoms with Crippen LogP contribution in [-0.4, -0.2) is 13.1 Å². The topological polar surface area (TPSA) is 29.3 Å². The molecule has 1 aromatic rings. The van der Waals surface area contributed by atoms with Crippen molar-refractivity contribution in [2.45, 2.75) is 33.2 Å². The summed E-state index contributed by atoms with van der Waals surface area (Å²) in [5, 5.41) is 0. The summed E-state index contributed by atoms with van der Waals surface area (Å²) in [5.41, 5.74) is 6.60. The summed E-state index contributed by atoms with van der Waals surface area (Å²) in [6.45, 7) is 6.45. The minimum Gasteiger partial charge on any atom is -0.399 e. The van der Waals surface area contributed by atoms with Crippen molar-refractivity contribution in [3.8, 4) is 0 Å². The van der Waals surface area contributed by atoms with Crippen molar-refractivity contribution in [3.05, 3.63) is 24.0 Å². The molecule has 0 saturated heterocycles. The molecule has 0 saturated carbocycles. The van der Waals surface area contributed by atoms with Crippen LogP contribution in [-0.2, 0) is 0 Å². The standard InChI is InChI=1S/C13H21FN2/c1-9(2)7-10(3)16(4)13-6-5-11(15)8-12(13)14/h5-6,8-10H,7,15H2,1-4H3. The van der Waals surface area contributed by atoms with E-state index in [1.165, 1.54) is 6.07 Å². The first-order valence-electron chi connectivity index (χ1n) is 5.69. The molecule has 0 spiro atoms. The summed E-state index contributed by atoms with van der Waals surface area (Å²) >= 11 is 0. The first-order chi connectivity index (χ1) is 7.41. The summed E-state index contributed by atoms with van der Waals surface area (Å²) in [4.78, 5) is 1.97. The molecule has 0 aliphatic carbocycles. The van der Waals surface area contributed by atoms with Crippen molar-refractivity contribution in [1.82, 2.24) is 0 Å². The van der Waals surface area contributed by atoms with Crippen LogP contribution in [0.25, 0.3) is 0 Å². The molecule has 0 aliphatic heterocycles. The Morgan fingerprint density at radius 2 is 1.94 bits per heavy atom. The number of anilines is 2. The normalized spacial score (nSPS) is 12.9. The minimum atomic E-state index is -0.252. The summed E-state index contributed by atoms with van der Waals surface area (Å²) < 4.78 is 13.7. The van der Waals surface area contributed by atoms with Crippen LogP contribution in [0.1, 0.15) is 27.2 Å². The second-order valence-electron chi connectivity index (χ2n) is 4.80. The Labute approximate surface area is 97.3 Å². The van der Waals surface area contributed by atoms with Crippen LogP contribution in [0.15, 0.2) is 18.2 Å². The maximum absolute atomic E-state index is 13.7. The van der Waals surface area contributed by atoms with E-state index in [2.05, 4.69) is 20.8 Å². The van der Waals surface area contributed by atoms with Gasteiger partial charge >= 0.3 is 0 Å². The molecule has 0 bridgehead atoms. The van der Waals surface area contributed by atoms with Gasteiger partial charge in [-0.05, 0) is 37.5 Å². The van der Waals surface area contributed by atoms with Gasteiger partial charge in [-0.25, -0.2) is 4.39 Å². The average Bonchev–Trinajstić information content (AvgIpc) is 2.15. The molecular weight excluding hydrogens is 203 g/mol. The van der Waals surface area contributed by atoms with E-state index in [1.54, 1.807) is 12.1 Å². The third kappa shape index (κ3) is 3.12. The molecule has 1 atom stereocenters. The summed E-state index contributed by atoms with van der Waals surface area (Å²) in [5.74, 6) is 0.354. The Morgan fingerprint density at radius 3 is 2.44 bits per heavy atom. The van der Waals surface area contributed by atoms with Gasteiger partial charge in [-0.1, -0.05) is 13.8 Å². The zero-order valence-corrected chi connectivity index (χ0v) is 10.5. The fourth-order valence-corrected chi connectivity index (χ4v) is 1.89. The van der Waals surface area contributed by atoms with E-state index in [-0.39, 0.29) is 5.82 Å². The van der Waals surface area contributed by atoms with E-state index < -0.39 is 0 Å². The van der Waals surface area contributed by atoms with E-state index in [0.717, 1.165) is 6.42 Å². The molecule has 16 heavy (non-hydrogen) atoms. The Kier molecular flexibility index (Phi) is 4.16. The summed E-state index contributed by atoms with van der Waals surface area (Å²) in [6, 6.07) is 5.16. The van der Waals surface area contributed by atoms with E-state index in [4.69, 9.17) is 5.73 Å².